The summed E-state index contributed by atoms with van der Waals surface area (Å²) >= 11 is 0. The van der Waals surface area contributed by atoms with Crippen LogP contribution in [0.4, 0.5) is 0 Å². The van der Waals surface area contributed by atoms with E-state index in [1.54, 1.807) is 0 Å². The Bertz CT molecular complexity index is 372. The van der Waals surface area contributed by atoms with Crippen molar-refractivity contribution in [3.05, 3.63) is 42.3 Å². The fourth-order valence-corrected chi connectivity index (χ4v) is 3.87. The van der Waals surface area contributed by atoms with Gasteiger partial charge in [-0.1, -0.05) is 43.2 Å². The molecule has 2 aliphatic carbocycles. The summed E-state index contributed by atoms with van der Waals surface area (Å²) in [6, 6.07) is 10.6. The standard InChI is InChI=1S/C19H27O/c1-3-7-16(8-4-1)15-20-19-13-11-18(12-14-19)17-9-5-2-6-10-17/h1,3-4,7-9,17-19H,2,5-6,10-15H2. The Labute approximate surface area is 123 Å². The van der Waals surface area contributed by atoms with Crippen molar-refractivity contribution in [2.45, 2.75) is 64.1 Å². The average Bonchev–Trinajstić information content (AvgIpc) is 2.55. The molecule has 0 spiro atoms. The molecular formula is C19H27O. The normalized spacial score (nSPS) is 28.4. The van der Waals surface area contributed by atoms with Crippen LogP contribution in [0.1, 0.15) is 56.9 Å². The molecule has 1 aromatic carbocycles. The topological polar surface area (TPSA) is 9.23 Å². The summed E-state index contributed by atoms with van der Waals surface area (Å²) in [5.41, 5.74) is 1.30. The zero-order chi connectivity index (χ0) is 13.6. The maximum Gasteiger partial charge on any atom is 0.0720 e. The Morgan fingerprint density at radius 2 is 1.70 bits per heavy atom. The van der Waals surface area contributed by atoms with E-state index in [1.807, 2.05) is 0 Å². The van der Waals surface area contributed by atoms with Gasteiger partial charge in [0.1, 0.15) is 0 Å². The second-order valence-electron chi connectivity index (χ2n) is 6.52. The number of ether oxygens (including phenoxy) is 1. The lowest BCUT2D eigenvalue weighted by atomic mass is 9.73. The van der Waals surface area contributed by atoms with Crippen molar-refractivity contribution in [3.63, 3.8) is 0 Å². The fourth-order valence-electron chi connectivity index (χ4n) is 3.87. The lowest BCUT2D eigenvalue weighted by Crippen LogP contribution is -2.27. The van der Waals surface area contributed by atoms with E-state index in [9.17, 15) is 0 Å². The molecule has 0 aliphatic heterocycles. The van der Waals surface area contributed by atoms with Gasteiger partial charge < -0.3 is 4.74 Å². The summed E-state index contributed by atoms with van der Waals surface area (Å²) in [5, 5.41) is 0. The first-order valence-corrected chi connectivity index (χ1v) is 8.40. The Morgan fingerprint density at radius 3 is 2.40 bits per heavy atom. The van der Waals surface area contributed by atoms with Crippen LogP contribution in [0.5, 0.6) is 0 Å². The largest absolute Gasteiger partial charge is 0.374 e. The second-order valence-corrected chi connectivity index (χ2v) is 6.52. The monoisotopic (exact) mass is 271 g/mol. The minimum absolute atomic E-state index is 0.495. The fraction of sp³-hybridized carbons (Fsp3) is 0.632. The summed E-state index contributed by atoms with van der Waals surface area (Å²) in [5.74, 6) is 1.87. The summed E-state index contributed by atoms with van der Waals surface area (Å²) in [6.07, 6.45) is 14.1. The molecule has 3 rings (SSSR count). The molecule has 0 aromatic heterocycles. The van der Waals surface area contributed by atoms with Crippen molar-refractivity contribution in [1.82, 2.24) is 0 Å². The first-order chi connectivity index (χ1) is 9.92. The Hall–Kier alpha value is -0.820. The zero-order valence-corrected chi connectivity index (χ0v) is 12.5. The molecule has 2 aliphatic rings. The third-order valence-electron chi connectivity index (χ3n) is 5.11. The molecule has 1 heteroatoms. The highest BCUT2D eigenvalue weighted by Crippen LogP contribution is 2.38. The van der Waals surface area contributed by atoms with Gasteiger partial charge in [-0.15, -0.1) is 0 Å². The molecule has 1 aromatic rings. The third kappa shape index (κ3) is 3.85. The maximum atomic E-state index is 6.09. The number of rotatable bonds is 4. The molecule has 0 saturated heterocycles. The molecule has 2 saturated carbocycles. The highest BCUT2D eigenvalue weighted by atomic mass is 16.5. The van der Waals surface area contributed by atoms with Crippen LogP contribution < -0.4 is 0 Å². The van der Waals surface area contributed by atoms with Crippen LogP contribution in [0, 0.1) is 18.3 Å². The Kier molecular flexibility index (Phi) is 5.13. The van der Waals surface area contributed by atoms with Crippen LogP contribution in [0.3, 0.4) is 0 Å². The quantitative estimate of drug-likeness (QED) is 0.735. The van der Waals surface area contributed by atoms with Crippen molar-refractivity contribution >= 4 is 0 Å². The summed E-state index contributed by atoms with van der Waals surface area (Å²) < 4.78 is 6.09. The SMILES string of the molecule is [CH]1CCCCC1C1CCC(OCc2ccccc2)CC1. The lowest BCUT2D eigenvalue weighted by molar-refractivity contribution is 0.00114. The van der Waals surface area contributed by atoms with E-state index < -0.39 is 0 Å². The van der Waals surface area contributed by atoms with Crippen LogP contribution in [0.15, 0.2) is 30.3 Å². The van der Waals surface area contributed by atoms with Gasteiger partial charge in [0.15, 0.2) is 0 Å². The van der Waals surface area contributed by atoms with E-state index >= 15 is 0 Å². The lowest BCUT2D eigenvalue weighted by Gasteiger charge is -2.35. The smallest absolute Gasteiger partial charge is 0.0720 e. The molecule has 20 heavy (non-hydrogen) atoms. The Balaban J connectivity index is 1.40. The van der Waals surface area contributed by atoms with E-state index in [0.29, 0.717) is 6.10 Å². The molecule has 1 radical (unpaired) electrons. The van der Waals surface area contributed by atoms with Gasteiger partial charge in [0, 0.05) is 0 Å². The van der Waals surface area contributed by atoms with E-state index in [0.717, 1.165) is 18.4 Å². The number of hydrogen-bond acceptors (Lipinski definition) is 1. The van der Waals surface area contributed by atoms with Gasteiger partial charge in [-0.2, -0.15) is 0 Å². The van der Waals surface area contributed by atoms with Crippen LogP contribution >= 0.6 is 0 Å². The minimum atomic E-state index is 0.495. The highest BCUT2D eigenvalue weighted by Gasteiger charge is 2.28. The van der Waals surface area contributed by atoms with E-state index in [1.165, 1.54) is 56.9 Å². The van der Waals surface area contributed by atoms with Crippen molar-refractivity contribution in [2.24, 2.45) is 11.8 Å². The third-order valence-corrected chi connectivity index (χ3v) is 5.11. The molecule has 109 valence electrons. The number of benzene rings is 1. The van der Waals surface area contributed by atoms with Gasteiger partial charge in [0.25, 0.3) is 0 Å². The van der Waals surface area contributed by atoms with Gasteiger partial charge in [0.05, 0.1) is 12.7 Å². The predicted molar refractivity (Wildman–Crippen MR) is 83.2 cm³/mol. The predicted octanol–water partition coefficient (Wildman–Crippen LogP) is 5.16. The maximum absolute atomic E-state index is 6.09. The van der Waals surface area contributed by atoms with E-state index in [4.69, 9.17) is 4.74 Å². The summed E-state index contributed by atoms with van der Waals surface area (Å²) in [4.78, 5) is 0. The Morgan fingerprint density at radius 1 is 0.900 bits per heavy atom. The number of hydrogen-bond donors (Lipinski definition) is 0. The molecule has 1 nitrogen and oxygen atoms in total. The van der Waals surface area contributed by atoms with Crippen LogP contribution in [-0.4, -0.2) is 6.10 Å². The molecule has 0 N–H and O–H groups in total. The van der Waals surface area contributed by atoms with Gasteiger partial charge in [-0.3, -0.25) is 0 Å². The van der Waals surface area contributed by atoms with Gasteiger partial charge in [0.2, 0.25) is 0 Å². The van der Waals surface area contributed by atoms with Crippen LogP contribution in [-0.2, 0) is 11.3 Å². The molecule has 1 atom stereocenters. The highest BCUT2D eigenvalue weighted by molar-refractivity contribution is 5.13. The van der Waals surface area contributed by atoms with Gasteiger partial charge in [-0.05, 0) is 62.3 Å². The summed E-state index contributed by atoms with van der Waals surface area (Å²) in [6.45, 7) is 0.783. The van der Waals surface area contributed by atoms with Crippen molar-refractivity contribution < 1.29 is 4.74 Å². The van der Waals surface area contributed by atoms with E-state index in [-0.39, 0.29) is 0 Å². The zero-order valence-electron chi connectivity index (χ0n) is 12.5. The molecule has 0 amide bonds. The second kappa shape index (κ2) is 7.26. The van der Waals surface area contributed by atoms with Crippen LogP contribution in [0.2, 0.25) is 0 Å². The molecule has 1 unspecified atom stereocenters. The first-order valence-electron chi connectivity index (χ1n) is 8.40. The van der Waals surface area contributed by atoms with Crippen molar-refractivity contribution in [2.75, 3.05) is 0 Å². The first kappa shape index (κ1) is 14.1. The molecule has 2 fully saturated rings. The van der Waals surface area contributed by atoms with Crippen molar-refractivity contribution in [1.29, 1.82) is 0 Å². The molecular weight excluding hydrogens is 244 g/mol. The van der Waals surface area contributed by atoms with Crippen LogP contribution in [0.25, 0.3) is 0 Å². The van der Waals surface area contributed by atoms with E-state index in [2.05, 4.69) is 36.8 Å². The van der Waals surface area contributed by atoms with Crippen molar-refractivity contribution in [3.8, 4) is 0 Å². The van der Waals surface area contributed by atoms with Gasteiger partial charge in [-0.25, -0.2) is 0 Å². The summed E-state index contributed by atoms with van der Waals surface area (Å²) in [7, 11) is 0. The average molecular weight is 271 g/mol. The van der Waals surface area contributed by atoms with Gasteiger partial charge >= 0.3 is 0 Å². The molecule has 0 heterocycles. The minimum Gasteiger partial charge on any atom is -0.374 e. The molecule has 0 bridgehead atoms.